The third-order valence-electron chi connectivity index (χ3n) is 5.69. The van der Waals surface area contributed by atoms with Gasteiger partial charge in [-0.2, -0.15) is 5.26 Å². The average molecular weight is 481 g/mol. The summed E-state index contributed by atoms with van der Waals surface area (Å²) in [6.07, 6.45) is 0.941. The Morgan fingerprint density at radius 1 is 0.968 bits per heavy atom. The predicted molar refractivity (Wildman–Crippen MR) is 119 cm³/mol. The minimum absolute atomic E-state index is 0.0561. The molecule has 2 aliphatic heterocycles. The van der Waals surface area contributed by atoms with Gasteiger partial charge in [0.1, 0.15) is 0 Å². The first kappa shape index (κ1) is 21.1. The van der Waals surface area contributed by atoms with Crippen LogP contribution in [0.25, 0.3) is 0 Å². The van der Waals surface area contributed by atoms with Crippen molar-refractivity contribution in [2.24, 2.45) is 0 Å². The lowest BCUT2D eigenvalue weighted by Crippen LogP contribution is -2.38. The summed E-state index contributed by atoms with van der Waals surface area (Å²) >= 11 is 3.32. The van der Waals surface area contributed by atoms with Crippen LogP contribution in [0.1, 0.15) is 39.1 Å². The molecule has 0 aliphatic carbocycles. The van der Waals surface area contributed by atoms with Gasteiger partial charge >= 0.3 is 0 Å². The van der Waals surface area contributed by atoms with Crippen LogP contribution in [-0.4, -0.2) is 60.2 Å². The van der Waals surface area contributed by atoms with E-state index in [0.29, 0.717) is 36.3 Å². The lowest BCUT2D eigenvalue weighted by atomic mass is 10.1. The zero-order chi connectivity index (χ0) is 22.0. The van der Waals surface area contributed by atoms with Gasteiger partial charge in [0.05, 0.1) is 22.8 Å². The van der Waals surface area contributed by atoms with Crippen molar-refractivity contribution in [3.8, 4) is 6.07 Å². The minimum Gasteiger partial charge on any atom is -0.370 e. The number of hydrogen-bond acceptors (Lipinski definition) is 5. The number of carbonyl (C=O) groups is 3. The lowest BCUT2D eigenvalue weighted by molar-refractivity contribution is -0.131. The molecule has 0 spiro atoms. The number of rotatable bonds is 4. The van der Waals surface area contributed by atoms with E-state index in [1.165, 1.54) is 0 Å². The second-order valence-electron chi connectivity index (χ2n) is 7.58. The van der Waals surface area contributed by atoms with Gasteiger partial charge in [0.2, 0.25) is 5.91 Å². The maximum absolute atomic E-state index is 12.8. The molecule has 7 nitrogen and oxygen atoms in total. The van der Waals surface area contributed by atoms with Crippen LogP contribution in [0.4, 0.5) is 5.69 Å². The molecule has 2 heterocycles. The third-order valence-corrected chi connectivity index (χ3v) is 6.19. The molecule has 2 aromatic carbocycles. The van der Waals surface area contributed by atoms with Crippen molar-refractivity contribution in [2.45, 2.75) is 12.8 Å². The number of carbonyl (C=O) groups excluding carboxylic acids is 3. The molecule has 2 aliphatic rings. The molecule has 0 aromatic heterocycles. The van der Waals surface area contributed by atoms with E-state index in [2.05, 4.69) is 26.9 Å². The molecule has 31 heavy (non-hydrogen) atoms. The van der Waals surface area contributed by atoms with Crippen LogP contribution >= 0.6 is 15.9 Å². The van der Waals surface area contributed by atoms with E-state index < -0.39 is 0 Å². The number of anilines is 1. The topological polar surface area (TPSA) is 84.7 Å². The number of halogens is 1. The van der Waals surface area contributed by atoms with Crippen molar-refractivity contribution < 1.29 is 14.4 Å². The summed E-state index contributed by atoms with van der Waals surface area (Å²) in [5.41, 5.74) is 2.41. The van der Waals surface area contributed by atoms with Gasteiger partial charge < -0.3 is 9.80 Å². The number of amides is 3. The zero-order valence-corrected chi connectivity index (χ0v) is 18.5. The summed E-state index contributed by atoms with van der Waals surface area (Å²) in [6, 6.07) is 14.6. The molecule has 4 rings (SSSR count). The van der Waals surface area contributed by atoms with Crippen molar-refractivity contribution in [3.05, 3.63) is 63.6 Å². The molecule has 0 radical (unpaired) electrons. The van der Waals surface area contributed by atoms with E-state index in [9.17, 15) is 14.4 Å². The van der Waals surface area contributed by atoms with Crippen molar-refractivity contribution in [3.63, 3.8) is 0 Å². The summed E-state index contributed by atoms with van der Waals surface area (Å²) in [4.78, 5) is 43.1. The standard InChI is InChI=1S/C23H21BrN4O3/c24-17-4-7-19-20(14-17)23(31)28(22(19)30)11-8-21(29)27-10-1-9-26(12-13-27)18-5-2-16(15-25)3-6-18/h2-7,14H,1,8-13H2. The van der Waals surface area contributed by atoms with Crippen LogP contribution in [0.3, 0.4) is 0 Å². The molecule has 1 saturated heterocycles. The molecule has 3 amide bonds. The van der Waals surface area contributed by atoms with E-state index in [1.54, 1.807) is 35.2 Å². The summed E-state index contributed by atoms with van der Waals surface area (Å²) in [7, 11) is 0. The Morgan fingerprint density at radius 2 is 1.71 bits per heavy atom. The number of nitrogens with zero attached hydrogens (tertiary/aromatic N) is 4. The molecule has 0 bridgehead atoms. The summed E-state index contributed by atoms with van der Waals surface area (Å²) < 4.78 is 0.738. The number of hydrogen-bond donors (Lipinski definition) is 0. The van der Waals surface area contributed by atoms with Gasteiger partial charge in [0, 0.05) is 49.3 Å². The van der Waals surface area contributed by atoms with Gasteiger partial charge in [-0.25, -0.2) is 0 Å². The summed E-state index contributed by atoms with van der Waals surface area (Å²) in [5.74, 6) is -0.750. The second-order valence-corrected chi connectivity index (χ2v) is 8.50. The smallest absolute Gasteiger partial charge is 0.261 e. The largest absolute Gasteiger partial charge is 0.370 e. The first-order valence-corrected chi connectivity index (χ1v) is 11.0. The maximum atomic E-state index is 12.8. The van der Waals surface area contributed by atoms with Crippen LogP contribution in [0.2, 0.25) is 0 Å². The molecular formula is C23H21BrN4O3. The fraction of sp³-hybridized carbons (Fsp3) is 0.304. The van der Waals surface area contributed by atoms with E-state index in [-0.39, 0.29) is 30.7 Å². The first-order valence-electron chi connectivity index (χ1n) is 10.2. The molecule has 8 heteroatoms. The van der Waals surface area contributed by atoms with Crippen molar-refractivity contribution in [2.75, 3.05) is 37.6 Å². The lowest BCUT2D eigenvalue weighted by Gasteiger charge is -2.24. The quantitative estimate of drug-likeness (QED) is 0.627. The van der Waals surface area contributed by atoms with Crippen LogP contribution in [0, 0.1) is 11.3 Å². The molecule has 0 unspecified atom stereocenters. The van der Waals surface area contributed by atoms with E-state index in [1.807, 2.05) is 12.1 Å². The number of fused-ring (bicyclic) bond motifs is 1. The number of benzene rings is 2. The van der Waals surface area contributed by atoms with Crippen LogP contribution in [-0.2, 0) is 4.79 Å². The highest BCUT2D eigenvalue weighted by Gasteiger charge is 2.35. The SMILES string of the molecule is N#Cc1ccc(N2CCCN(C(=O)CCN3C(=O)c4ccc(Br)cc4C3=O)CC2)cc1. The monoisotopic (exact) mass is 480 g/mol. The highest BCUT2D eigenvalue weighted by Crippen LogP contribution is 2.26. The zero-order valence-electron chi connectivity index (χ0n) is 16.9. The van der Waals surface area contributed by atoms with Crippen molar-refractivity contribution in [1.82, 2.24) is 9.80 Å². The maximum Gasteiger partial charge on any atom is 0.261 e. The molecule has 158 valence electrons. The highest BCUT2D eigenvalue weighted by molar-refractivity contribution is 9.10. The van der Waals surface area contributed by atoms with Crippen LogP contribution < -0.4 is 4.90 Å². The number of imide groups is 1. The van der Waals surface area contributed by atoms with Crippen molar-refractivity contribution >= 4 is 39.3 Å². The van der Waals surface area contributed by atoms with Crippen molar-refractivity contribution in [1.29, 1.82) is 5.26 Å². The first-order chi connectivity index (χ1) is 15.0. The molecule has 2 aromatic rings. The molecule has 0 atom stereocenters. The van der Waals surface area contributed by atoms with Gasteiger partial charge in [-0.3, -0.25) is 19.3 Å². The molecular weight excluding hydrogens is 460 g/mol. The van der Waals surface area contributed by atoms with Gasteiger partial charge in [0.25, 0.3) is 11.8 Å². The minimum atomic E-state index is -0.350. The average Bonchev–Trinajstić information content (AvgIpc) is 2.95. The Morgan fingerprint density at radius 3 is 2.45 bits per heavy atom. The Bertz CT molecular complexity index is 1080. The summed E-state index contributed by atoms with van der Waals surface area (Å²) in [6.45, 7) is 2.81. The van der Waals surface area contributed by atoms with E-state index in [4.69, 9.17) is 5.26 Å². The van der Waals surface area contributed by atoms with Gasteiger partial charge in [-0.15, -0.1) is 0 Å². The fourth-order valence-electron chi connectivity index (χ4n) is 4.00. The van der Waals surface area contributed by atoms with Crippen LogP contribution in [0.15, 0.2) is 46.9 Å². The van der Waals surface area contributed by atoms with Crippen LogP contribution in [0.5, 0.6) is 0 Å². The van der Waals surface area contributed by atoms with E-state index in [0.717, 1.165) is 28.0 Å². The Labute approximate surface area is 189 Å². The van der Waals surface area contributed by atoms with Gasteiger partial charge in [-0.05, 0) is 48.9 Å². The third kappa shape index (κ3) is 4.32. The summed E-state index contributed by atoms with van der Waals surface area (Å²) in [5, 5.41) is 8.95. The van der Waals surface area contributed by atoms with E-state index >= 15 is 0 Å². The Kier molecular flexibility index (Phi) is 6.05. The predicted octanol–water partition coefficient (Wildman–Crippen LogP) is 3.05. The fourth-order valence-corrected chi connectivity index (χ4v) is 4.36. The van der Waals surface area contributed by atoms with Gasteiger partial charge in [-0.1, -0.05) is 15.9 Å². The normalized spacial score (nSPS) is 16.2. The number of nitriles is 1. The molecule has 1 fully saturated rings. The molecule has 0 N–H and O–H groups in total. The highest BCUT2D eigenvalue weighted by atomic mass is 79.9. The second kappa shape index (κ2) is 8.90. The Balaban J connectivity index is 1.34. The Hall–Kier alpha value is -3.18. The molecule has 0 saturated carbocycles. The van der Waals surface area contributed by atoms with Gasteiger partial charge in [0.15, 0.2) is 0 Å².